The van der Waals surface area contributed by atoms with Crippen LogP contribution in [0.2, 0.25) is 5.02 Å². The third kappa shape index (κ3) is 3.30. The van der Waals surface area contributed by atoms with Crippen molar-refractivity contribution in [1.29, 1.82) is 0 Å². The number of hydrogen-bond donors (Lipinski definition) is 1. The van der Waals surface area contributed by atoms with E-state index in [-0.39, 0.29) is 11.5 Å². The van der Waals surface area contributed by atoms with Gasteiger partial charge in [-0.05, 0) is 30.7 Å². The van der Waals surface area contributed by atoms with E-state index in [1.165, 1.54) is 13.0 Å². The van der Waals surface area contributed by atoms with E-state index in [1.54, 1.807) is 6.07 Å². The largest absolute Gasteiger partial charge is 0.507 e. The highest BCUT2D eigenvalue weighted by Crippen LogP contribution is 2.29. The molecule has 0 fully saturated rings. The van der Waals surface area contributed by atoms with Crippen LogP contribution in [0.3, 0.4) is 0 Å². The lowest BCUT2D eigenvalue weighted by Crippen LogP contribution is -1.97. The standard InChI is InChI=1S/C19H16ClNO2/c1-13(22)9-19(23)17-12-21(11-14-5-3-2-4-6-14)18-8-7-15(20)10-16(17)18/h2-10,12,23H,11H2,1H3. The van der Waals surface area contributed by atoms with Gasteiger partial charge in [-0.1, -0.05) is 41.9 Å². The Hall–Kier alpha value is -2.52. The van der Waals surface area contributed by atoms with Crippen LogP contribution >= 0.6 is 11.6 Å². The van der Waals surface area contributed by atoms with Gasteiger partial charge in [0, 0.05) is 40.3 Å². The van der Waals surface area contributed by atoms with Gasteiger partial charge in [0.15, 0.2) is 5.78 Å². The summed E-state index contributed by atoms with van der Waals surface area (Å²) in [5.41, 5.74) is 2.71. The molecule has 2 aromatic carbocycles. The molecule has 0 bridgehead atoms. The van der Waals surface area contributed by atoms with E-state index >= 15 is 0 Å². The molecule has 0 atom stereocenters. The van der Waals surface area contributed by atoms with Gasteiger partial charge in [-0.15, -0.1) is 0 Å². The van der Waals surface area contributed by atoms with Crippen LogP contribution in [-0.4, -0.2) is 15.5 Å². The molecular formula is C19H16ClNO2. The third-order valence-electron chi connectivity index (χ3n) is 3.65. The van der Waals surface area contributed by atoms with E-state index in [1.807, 2.05) is 53.2 Å². The summed E-state index contributed by atoms with van der Waals surface area (Å²) in [6.07, 6.45) is 3.07. The number of fused-ring (bicyclic) bond motifs is 1. The Morgan fingerprint density at radius 1 is 1.22 bits per heavy atom. The first-order valence-electron chi connectivity index (χ1n) is 7.28. The summed E-state index contributed by atoms with van der Waals surface area (Å²) in [5.74, 6) is -0.245. The van der Waals surface area contributed by atoms with E-state index in [4.69, 9.17) is 11.6 Å². The maximum Gasteiger partial charge on any atom is 0.156 e. The van der Waals surface area contributed by atoms with Gasteiger partial charge in [0.25, 0.3) is 0 Å². The summed E-state index contributed by atoms with van der Waals surface area (Å²) < 4.78 is 2.04. The Morgan fingerprint density at radius 3 is 2.65 bits per heavy atom. The van der Waals surface area contributed by atoms with Crippen molar-refractivity contribution in [3.8, 4) is 0 Å². The molecule has 3 aromatic rings. The van der Waals surface area contributed by atoms with Crippen LogP contribution in [0.5, 0.6) is 0 Å². The van der Waals surface area contributed by atoms with E-state index < -0.39 is 0 Å². The summed E-state index contributed by atoms with van der Waals surface area (Å²) in [6.45, 7) is 2.08. The minimum absolute atomic E-state index is 0.0448. The van der Waals surface area contributed by atoms with Crippen LogP contribution in [0.1, 0.15) is 18.1 Å². The number of nitrogens with zero attached hydrogens (tertiary/aromatic N) is 1. The summed E-state index contributed by atoms with van der Waals surface area (Å²) in [7, 11) is 0. The molecule has 4 heteroatoms. The number of halogens is 1. The second kappa shape index (κ2) is 6.31. The summed E-state index contributed by atoms with van der Waals surface area (Å²) in [5, 5.41) is 11.7. The zero-order valence-corrected chi connectivity index (χ0v) is 13.4. The molecule has 0 aliphatic heterocycles. The molecule has 3 rings (SSSR count). The van der Waals surface area contributed by atoms with Crippen LogP contribution in [0, 0.1) is 0 Å². The number of rotatable bonds is 4. The average Bonchev–Trinajstić information content (AvgIpc) is 2.85. The Kier molecular flexibility index (Phi) is 4.22. The first-order valence-corrected chi connectivity index (χ1v) is 7.66. The smallest absolute Gasteiger partial charge is 0.156 e. The number of benzene rings is 2. The van der Waals surface area contributed by atoms with E-state index in [9.17, 15) is 9.90 Å². The second-order valence-corrected chi connectivity index (χ2v) is 5.89. The molecule has 0 aliphatic carbocycles. The molecule has 0 saturated carbocycles. The lowest BCUT2D eigenvalue weighted by Gasteiger charge is -2.05. The number of carbonyl (C=O) groups excluding carboxylic acids is 1. The minimum Gasteiger partial charge on any atom is -0.507 e. The first-order chi connectivity index (χ1) is 11.0. The van der Waals surface area contributed by atoms with Crippen molar-refractivity contribution < 1.29 is 9.90 Å². The van der Waals surface area contributed by atoms with Crippen molar-refractivity contribution in [1.82, 2.24) is 4.57 Å². The molecule has 0 spiro atoms. The predicted octanol–water partition coefficient (Wildman–Crippen LogP) is 4.83. The Labute approximate surface area is 139 Å². The fraction of sp³-hybridized carbons (Fsp3) is 0.105. The number of aliphatic hydroxyl groups excluding tert-OH is 1. The predicted molar refractivity (Wildman–Crippen MR) is 93.8 cm³/mol. The molecule has 0 saturated heterocycles. The van der Waals surface area contributed by atoms with Gasteiger partial charge in [0.1, 0.15) is 5.76 Å². The molecule has 0 amide bonds. The van der Waals surface area contributed by atoms with Gasteiger partial charge in [0.2, 0.25) is 0 Å². The molecule has 3 nitrogen and oxygen atoms in total. The van der Waals surface area contributed by atoms with Crippen molar-refractivity contribution in [3.63, 3.8) is 0 Å². The van der Waals surface area contributed by atoms with Gasteiger partial charge in [-0.25, -0.2) is 0 Å². The maximum atomic E-state index is 11.3. The van der Waals surface area contributed by atoms with Crippen molar-refractivity contribution in [2.45, 2.75) is 13.5 Å². The van der Waals surface area contributed by atoms with Gasteiger partial charge in [-0.2, -0.15) is 0 Å². The monoisotopic (exact) mass is 325 g/mol. The summed E-state index contributed by atoms with van der Waals surface area (Å²) >= 11 is 6.09. The third-order valence-corrected chi connectivity index (χ3v) is 3.89. The Balaban J connectivity index is 2.14. The number of aromatic nitrogens is 1. The molecule has 0 radical (unpaired) electrons. The molecule has 23 heavy (non-hydrogen) atoms. The average molecular weight is 326 g/mol. The normalized spacial score (nSPS) is 11.8. The minimum atomic E-state index is -0.200. The van der Waals surface area contributed by atoms with Crippen molar-refractivity contribution in [3.05, 3.63) is 77.0 Å². The van der Waals surface area contributed by atoms with Crippen LogP contribution in [-0.2, 0) is 11.3 Å². The number of carbonyl (C=O) groups is 1. The molecule has 1 N–H and O–H groups in total. The van der Waals surface area contributed by atoms with Crippen LogP contribution in [0.15, 0.2) is 60.8 Å². The van der Waals surface area contributed by atoms with Gasteiger partial charge >= 0.3 is 0 Å². The molecule has 1 aromatic heterocycles. The zero-order chi connectivity index (χ0) is 16.4. The molecule has 0 aliphatic rings. The fourth-order valence-corrected chi connectivity index (χ4v) is 2.83. The van der Waals surface area contributed by atoms with E-state index in [2.05, 4.69) is 0 Å². The van der Waals surface area contributed by atoms with Crippen molar-refractivity contribution in [2.75, 3.05) is 0 Å². The first kappa shape index (κ1) is 15.4. The molecule has 0 unspecified atom stereocenters. The van der Waals surface area contributed by atoms with Gasteiger partial charge in [-0.3, -0.25) is 4.79 Å². The maximum absolute atomic E-state index is 11.3. The summed E-state index contributed by atoms with van der Waals surface area (Å²) in [6, 6.07) is 15.6. The number of allylic oxidation sites excluding steroid dienone is 1. The van der Waals surface area contributed by atoms with Gasteiger partial charge < -0.3 is 9.67 Å². The summed E-state index contributed by atoms with van der Waals surface area (Å²) in [4.78, 5) is 11.3. The lowest BCUT2D eigenvalue weighted by atomic mass is 10.1. The zero-order valence-electron chi connectivity index (χ0n) is 12.7. The Bertz CT molecular complexity index is 894. The number of ketones is 1. The van der Waals surface area contributed by atoms with Crippen molar-refractivity contribution in [2.24, 2.45) is 0 Å². The highest BCUT2D eigenvalue weighted by molar-refractivity contribution is 6.31. The highest BCUT2D eigenvalue weighted by Gasteiger charge is 2.13. The Morgan fingerprint density at radius 2 is 1.96 bits per heavy atom. The van der Waals surface area contributed by atoms with Crippen LogP contribution in [0.25, 0.3) is 16.7 Å². The molecule has 1 heterocycles. The SMILES string of the molecule is CC(=O)C=C(O)c1cn(Cc2ccccc2)c2ccc(Cl)cc12. The quantitative estimate of drug-likeness (QED) is 0.551. The molecule has 116 valence electrons. The van der Waals surface area contributed by atoms with Crippen molar-refractivity contribution >= 4 is 34.0 Å². The topological polar surface area (TPSA) is 42.2 Å². The molecular weight excluding hydrogens is 310 g/mol. The van der Waals surface area contributed by atoms with Crippen LogP contribution < -0.4 is 0 Å². The van der Waals surface area contributed by atoms with E-state index in [0.29, 0.717) is 17.1 Å². The fourth-order valence-electron chi connectivity index (χ4n) is 2.65. The van der Waals surface area contributed by atoms with Crippen LogP contribution in [0.4, 0.5) is 0 Å². The number of aliphatic hydroxyl groups is 1. The second-order valence-electron chi connectivity index (χ2n) is 5.46. The highest BCUT2D eigenvalue weighted by atomic mass is 35.5. The number of hydrogen-bond acceptors (Lipinski definition) is 2. The van der Waals surface area contributed by atoms with E-state index in [0.717, 1.165) is 16.5 Å². The lowest BCUT2D eigenvalue weighted by molar-refractivity contribution is -0.112. The van der Waals surface area contributed by atoms with Gasteiger partial charge in [0.05, 0.1) is 0 Å².